The van der Waals surface area contributed by atoms with Gasteiger partial charge in [-0.05, 0) is 66.1 Å². The van der Waals surface area contributed by atoms with E-state index in [2.05, 4.69) is 32.0 Å². The number of hydrogen-bond acceptors (Lipinski definition) is 7. The minimum atomic E-state index is -0.425. The molecule has 1 fully saturated rings. The number of ether oxygens (including phenoxy) is 1. The van der Waals surface area contributed by atoms with Crippen LogP contribution in [0.25, 0.3) is 0 Å². The number of carbonyl (C=O) groups is 2. The molecule has 2 N–H and O–H groups in total. The first-order valence-corrected chi connectivity index (χ1v) is 14.6. The summed E-state index contributed by atoms with van der Waals surface area (Å²) in [6, 6.07) is 26.8. The van der Waals surface area contributed by atoms with Crippen LogP contribution in [-0.2, 0) is 29.0 Å². The number of benzene rings is 3. The number of nitrogens with one attached hydrogen (secondary N) is 2. The number of tetrazole rings is 1. The first kappa shape index (κ1) is 29.5. The molecular weight excluding hydrogens is 542 g/mol. The fraction of sp³-hybridized carbons (Fsp3) is 0.333. The van der Waals surface area contributed by atoms with Crippen LogP contribution in [0.4, 0.5) is 0 Å². The fourth-order valence-electron chi connectivity index (χ4n) is 5.28. The number of aryl methyl sites for hydroxylation is 1. The van der Waals surface area contributed by atoms with Crippen LogP contribution in [0.5, 0.6) is 5.75 Å². The Hall–Kier alpha value is -5.04. The van der Waals surface area contributed by atoms with Crippen molar-refractivity contribution in [3.8, 4) is 11.8 Å². The van der Waals surface area contributed by atoms with Gasteiger partial charge in [0.15, 0.2) is 5.82 Å². The van der Waals surface area contributed by atoms with Crippen molar-refractivity contribution in [3.05, 3.63) is 107 Å². The monoisotopic (exact) mass is 577 g/mol. The first-order chi connectivity index (χ1) is 21.1. The van der Waals surface area contributed by atoms with Crippen LogP contribution in [0, 0.1) is 17.2 Å². The molecule has 2 amide bonds. The van der Waals surface area contributed by atoms with Crippen molar-refractivity contribution in [2.45, 2.75) is 51.2 Å². The molecule has 3 aromatic carbocycles. The van der Waals surface area contributed by atoms with Crippen LogP contribution >= 0.6 is 0 Å². The van der Waals surface area contributed by atoms with Crippen molar-refractivity contribution >= 4 is 11.8 Å². The predicted molar refractivity (Wildman–Crippen MR) is 159 cm³/mol. The second-order valence-electron chi connectivity index (χ2n) is 10.8. The number of nitrogens with zero attached hydrogens (tertiary/aromatic N) is 5. The van der Waals surface area contributed by atoms with Crippen LogP contribution in [0.3, 0.4) is 0 Å². The van der Waals surface area contributed by atoms with E-state index in [9.17, 15) is 9.59 Å². The molecule has 10 heteroatoms. The van der Waals surface area contributed by atoms with Gasteiger partial charge in [-0.1, -0.05) is 59.8 Å². The largest absolute Gasteiger partial charge is 0.489 e. The number of nitriles is 1. The topological polar surface area (TPSA) is 137 Å². The smallest absolute Gasteiger partial charge is 0.222 e. The van der Waals surface area contributed by atoms with Gasteiger partial charge in [0.05, 0.1) is 17.7 Å². The van der Waals surface area contributed by atoms with E-state index in [0.717, 1.165) is 35.3 Å². The van der Waals surface area contributed by atoms with Crippen LogP contribution in [0.15, 0.2) is 78.9 Å². The Morgan fingerprint density at radius 3 is 2.37 bits per heavy atom. The highest BCUT2D eigenvalue weighted by molar-refractivity contribution is 5.77. The van der Waals surface area contributed by atoms with Crippen LogP contribution < -0.4 is 10.1 Å². The van der Waals surface area contributed by atoms with Crippen molar-refractivity contribution in [2.75, 3.05) is 13.1 Å². The summed E-state index contributed by atoms with van der Waals surface area (Å²) < 4.78 is 5.89. The number of H-pyrrole nitrogens is 1. The second kappa shape index (κ2) is 14.7. The average molecular weight is 578 g/mol. The molecule has 0 bridgehead atoms. The summed E-state index contributed by atoms with van der Waals surface area (Å²) in [5.41, 5.74) is 3.77. The average Bonchev–Trinajstić information content (AvgIpc) is 3.59. The summed E-state index contributed by atoms with van der Waals surface area (Å²) >= 11 is 0. The number of aromatic amines is 1. The third-order valence-electron chi connectivity index (χ3n) is 7.77. The number of piperidine rings is 1. The molecule has 0 spiro atoms. The summed E-state index contributed by atoms with van der Waals surface area (Å²) in [7, 11) is 0. The highest BCUT2D eigenvalue weighted by Crippen LogP contribution is 2.23. The van der Waals surface area contributed by atoms with Gasteiger partial charge < -0.3 is 15.0 Å². The lowest BCUT2D eigenvalue weighted by Crippen LogP contribution is -2.40. The summed E-state index contributed by atoms with van der Waals surface area (Å²) in [6.07, 6.45) is 3.54. The van der Waals surface area contributed by atoms with Gasteiger partial charge in [-0.15, -0.1) is 10.2 Å². The SMILES string of the molecule is N#Cc1ccc(CCC(=O)N2CCC(CC(=O)N[C@@H](Cc3ccc(OCc4ccccc4)cc3)c3nn[nH]n3)CC2)cc1. The van der Waals surface area contributed by atoms with Crippen LogP contribution in [-0.4, -0.2) is 50.4 Å². The molecule has 1 aliphatic heterocycles. The van der Waals surface area contributed by atoms with E-state index in [1.807, 2.05) is 71.6 Å². The lowest BCUT2D eigenvalue weighted by atomic mass is 9.92. The van der Waals surface area contributed by atoms with E-state index >= 15 is 0 Å². The molecule has 0 saturated carbocycles. The van der Waals surface area contributed by atoms with E-state index in [1.54, 1.807) is 12.1 Å². The van der Waals surface area contributed by atoms with Gasteiger partial charge in [0.25, 0.3) is 0 Å². The van der Waals surface area contributed by atoms with Crippen molar-refractivity contribution in [2.24, 2.45) is 5.92 Å². The number of amides is 2. The first-order valence-electron chi connectivity index (χ1n) is 14.6. The van der Waals surface area contributed by atoms with Crippen LogP contribution in [0.1, 0.15) is 59.8 Å². The zero-order valence-electron chi connectivity index (χ0n) is 24.0. The maximum Gasteiger partial charge on any atom is 0.222 e. The van der Waals surface area contributed by atoms with Crippen molar-refractivity contribution in [1.82, 2.24) is 30.8 Å². The number of hydrogen-bond donors (Lipinski definition) is 2. The maximum atomic E-state index is 13.1. The predicted octanol–water partition coefficient (Wildman–Crippen LogP) is 4.31. The molecule has 5 rings (SSSR count). The molecule has 10 nitrogen and oxygen atoms in total. The Labute approximate surface area is 251 Å². The summed E-state index contributed by atoms with van der Waals surface area (Å²) in [6.45, 7) is 1.79. The molecule has 1 saturated heterocycles. The van der Waals surface area contributed by atoms with Gasteiger partial charge in [-0.2, -0.15) is 10.5 Å². The molecule has 0 unspecified atom stereocenters. The van der Waals surface area contributed by atoms with Gasteiger partial charge >= 0.3 is 0 Å². The molecule has 1 aliphatic rings. The second-order valence-corrected chi connectivity index (χ2v) is 10.8. The number of likely N-dealkylation sites (tertiary alicyclic amines) is 1. The lowest BCUT2D eigenvalue weighted by molar-refractivity contribution is -0.132. The van der Waals surface area contributed by atoms with E-state index in [4.69, 9.17) is 10.00 Å². The zero-order chi connectivity index (χ0) is 29.9. The van der Waals surface area contributed by atoms with Crippen molar-refractivity contribution < 1.29 is 14.3 Å². The van der Waals surface area contributed by atoms with Crippen molar-refractivity contribution in [3.63, 3.8) is 0 Å². The fourth-order valence-corrected chi connectivity index (χ4v) is 5.28. The van der Waals surface area contributed by atoms with Gasteiger partial charge in [-0.25, -0.2) is 0 Å². The maximum absolute atomic E-state index is 13.1. The molecule has 220 valence electrons. The van der Waals surface area contributed by atoms with Crippen LogP contribution in [0.2, 0.25) is 0 Å². The number of aromatic nitrogens is 4. The normalized spacial score (nSPS) is 14.1. The van der Waals surface area contributed by atoms with Gasteiger partial charge in [-0.3, -0.25) is 9.59 Å². The summed E-state index contributed by atoms with van der Waals surface area (Å²) in [4.78, 5) is 27.7. The molecule has 1 aromatic heterocycles. The quantitative estimate of drug-likeness (QED) is 0.256. The number of rotatable bonds is 12. The van der Waals surface area contributed by atoms with E-state index in [-0.39, 0.29) is 17.7 Å². The highest BCUT2D eigenvalue weighted by Gasteiger charge is 2.26. The summed E-state index contributed by atoms with van der Waals surface area (Å²) in [5.74, 6) is 1.46. The molecule has 1 atom stereocenters. The molecule has 2 heterocycles. The Balaban J connectivity index is 1.07. The van der Waals surface area contributed by atoms with Crippen molar-refractivity contribution in [1.29, 1.82) is 5.26 Å². The highest BCUT2D eigenvalue weighted by atomic mass is 16.5. The Morgan fingerprint density at radius 2 is 1.70 bits per heavy atom. The Bertz CT molecular complexity index is 1490. The zero-order valence-corrected chi connectivity index (χ0v) is 24.0. The molecule has 43 heavy (non-hydrogen) atoms. The van der Waals surface area contributed by atoms with E-state index < -0.39 is 6.04 Å². The van der Waals surface area contributed by atoms with Gasteiger partial charge in [0.1, 0.15) is 12.4 Å². The molecule has 4 aromatic rings. The molecular formula is C33H35N7O3. The standard InChI is InChI=1S/C33H35N7O3/c34-22-27-8-6-24(7-9-27)12-15-32(42)40-18-16-26(17-19-40)21-31(41)35-30(33-36-38-39-37-33)20-25-10-13-29(14-11-25)43-23-28-4-2-1-3-5-28/h1-11,13-14,26,30H,12,15-21,23H2,(H,35,41)(H,36,37,38,39)/t30-/m0/s1. The number of carbonyl (C=O) groups excluding carboxylic acids is 2. The minimum Gasteiger partial charge on any atom is -0.489 e. The minimum absolute atomic E-state index is 0.0665. The van der Waals surface area contributed by atoms with Gasteiger partial charge in [0.2, 0.25) is 11.8 Å². The van der Waals surface area contributed by atoms with Gasteiger partial charge in [0, 0.05) is 32.4 Å². The molecule has 0 radical (unpaired) electrons. The summed E-state index contributed by atoms with van der Waals surface area (Å²) in [5, 5.41) is 26.5. The Morgan fingerprint density at radius 1 is 0.977 bits per heavy atom. The van der Waals surface area contributed by atoms with E-state index in [0.29, 0.717) is 56.8 Å². The lowest BCUT2D eigenvalue weighted by Gasteiger charge is -2.32. The third-order valence-corrected chi connectivity index (χ3v) is 7.77. The Kier molecular flexibility index (Phi) is 10.1. The van der Waals surface area contributed by atoms with E-state index in [1.165, 1.54) is 0 Å². The molecule has 0 aliphatic carbocycles. The third kappa shape index (κ3) is 8.72.